The van der Waals surface area contributed by atoms with E-state index in [0.29, 0.717) is 0 Å². The Labute approximate surface area is 73.0 Å². The minimum Gasteiger partial charge on any atom is -0.394 e. The van der Waals surface area contributed by atoms with Crippen LogP contribution in [0.25, 0.3) is 0 Å². The molecule has 2 nitrogen and oxygen atoms in total. The first kappa shape index (κ1) is 9.23. The van der Waals surface area contributed by atoms with Gasteiger partial charge >= 0.3 is 0 Å². The summed E-state index contributed by atoms with van der Waals surface area (Å²) in [5.74, 6) is 0. The number of hydrogen-bond donors (Lipinski definition) is 2. The van der Waals surface area contributed by atoms with E-state index >= 15 is 0 Å². The SMILES string of the molecule is Cc1ccc(C(C)(N)CO)cc1. The average molecular weight is 165 g/mol. The van der Waals surface area contributed by atoms with Crippen LogP contribution in [0.2, 0.25) is 0 Å². The van der Waals surface area contributed by atoms with E-state index in [1.807, 2.05) is 38.1 Å². The van der Waals surface area contributed by atoms with Gasteiger partial charge in [0.15, 0.2) is 0 Å². The second kappa shape index (κ2) is 3.25. The summed E-state index contributed by atoms with van der Waals surface area (Å²) in [5, 5.41) is 8.99. The minimum atomic E-state index is -0.617. The van der Waals surface area contributed by atoms with Crippen LogP contribution in [0.3, 0.4) is 0 Å². The molecular formula is C10H15NO. The van der Waals surface area contributed by atoms with E-state index in [0.717, 1.165) is 5.56 Å². The summed E-state index contributed by atoms with van der Waals surface area (Å²) < 4.78 is 0. The zero-order valence-electron chi connectivity index (χ0n) is 7.54. The molecule has 1 rings (SSSR count). The highest BCUT2D eigenvalue weighted by Gasteiger charge is 2.18. The van der Waals surface area contributed by atoms with Gasteiger partial charge in [-0.1, -0.05) is 29.8 Å². The van der Waals surface area contributed by atoms with Gasteiger partial charge in [0.05, 0.1) is 12.1 Å². The highest BCUT2D eigenvalue weighted by atomic mass is 16.3. The lowest BCUT2D eigenvalue weighted by Crippen LogP contribution is -2.36. The first-order chi connectivity index (χ1) is 5.56. The van der Waals surface area contributed by atoms with Crippen LogP contribution in [0.5, 0.6) is 0 Å². The van der Waals surface area contributed by atoms with Gasteiger partial charge in [-0.3, -0.25) is 0 Å². The lowest BCUT2D eigenvalue weighted by Gasteiger charge is -2.22. The molecular weight excluding hydrogens is 150 g/mol. The zero-order valence-corrected chi connectivity index (χ0v) is 7.54. The molecule has 0 aliphatic rings. The monoisotopic (exact) mass is 165 g/mol. The zero-order chi connectivity index (χ0) is 9.19. The van der Waals surface area contributed by atoms with E-state index < -0.39 is 5.54 Å². The molecule has 1 aromatic rings. The van der Waals surface area contributed by atoms with Gasteiger partial charge in [0.2, 0.25) is 0 Å². The molecule has 0 spiro atoms. The molecule has 0 radical (unpaired) electrons. The summed E-state index contributed by atoms with van der Waals surface area (Å²) in [6.45, 7) is 3.81. The Morgan fingerprint density at radius 3 is 2.25 bits per heavy atom. The largest absolute Gasteiger partial charge is 0.394 e. The Kier molecular flexibility index (Phi) is 2.50. The minimum absolute atomic E-state index is 0.0317. The standard InChI is InChI=1S/C10H15NO/c1-8-3-5-9(6-4-8)10(2,11)7-12/h3-6,12H,7,11H2,1-2H3. The first-order valence-electron chi connectivity index (χ1n) is 4.03. The Morgan fingerprint density at radius 1 is 1.33 bits per heavy atom. The summed E-state index contributed by atoms with van der Waals surface area (Å²) in [6, 6.07) is 7.89. The molecule has 1 unspecified atom stereocenters. The Hall–Kier alpha value is -0.860. The Balaban J connectivity index is 2.96. The van der Waals surface area contributed by atoms with E-state index in [-0.39, 0.29) is 6.61 Å². The van der Waals surface area contributed by atoms with Gasteiger partial charge in [-0.25, -0.2) is 0 Å². The van der Waals surface area contributed by atoms with Crippen molar-refractivity contribution >= 4 is 0 Å². The maximum absolute atomic E-state index is 8.99. The third kappa shape index (κ3) is 1.84. The molecule has 0 saturated heterocycles. The third-order valence-corrected chi connectivity index (χ3v) is 2.04. The maximum atomic E-state index is 8.99. The van der Waals surface area contributed by atoms with Gasteiger partial charge < -0.3 is 10.8 Å². The number of aryl methyl sites for hydroxylation is 1. The molecule has 0 saturated carbocycles. The molecule has 0 heterocycles. The van der Waals surface area contributed by atoms with Gasteiger partial charge in [-0.2, -0.15) is 0 Å². The van der Waals surface area contributed by atoms with Crippen molar-refractivity contribution in [2.24, 2.45) is 5.73 Å². The number of aliphatic hydroxyl groups is 1. The molecule has 0 aromatic heterocycles. The predicted molar refractivity (Wildman–Crippen MR) is 49.8 cm³/mol. The third-order valence-electron chi connectivity index (χ3n) is 2.04. The van der Waals surface area contributed by atoms with Crippen LogP contribution in [0.4, 0.5) is 0 Å². The van der Waals surface area contributed by atoms with Crippen LogP contribution < -0.4 is 5.73 Å². The molecule has 66 valence electrons. The van der Waals surface area contributed by atoms with Crippen LogP contribution in [-0.4, -0.2) is 11.7 Å². The maximum Gasteiger partial charge on any atom is 0.0650 e. The molecule has 0 aliphatic carbocycles. The summed E-state index contributed by atoms with van der Waals surface area (Å²) in [7, 11) is 0. The van der Waals surface area contributed by atoms with Crippen molar-refractivity contribution in [3.8, 4) is 0 Å². The Bertz CT molecular complexity index is 251. The lowest BCUT2D eigenvalue weighted by atomic mass is 9.94. The molecule has 0 bridgehead atoms. The molecule has 0 amide bonds. The lowest BCUT2D eigenvalue weighted by molar-refractivity contribution is 0.210. The highest BCUT2D eigenvalue weighted by molar-refractivity contribution is 5.26. The number of aliphatic hydroxyl groups excluding tert-OH is 1. The molecule has 12 heavy (non-hydrogen) atoms. The fourth-order valence-electron chi connectivity index (χ4n) is 1.03. The Morgan fingerprint density at radius 2 is 1.83 bits per heavy atom. The topological polar surface area (TPSA) is 46.2 Å². The van der Waals surface area contributed by atoms with E-state index in [2.05, 4.69) is 0 Å². The summed E-state index contributed by atoms with van der Waals surface area (Å²) in [6.07, 6.45) is 0. The van der Waals surface area contributed by atoms with E-state index in [1.54, 1.807) is 0 Å². The summed E-state index contributed by atoms with van der Waals surface area (Å²) >= 11 is 0. The molecule has 1 aromatic carbocycles. The molecule has 0 fully saturated rings. The van der Waals surface area contributed by atoms with Crippen molar-refractivity contribution < 1.29 is 5.11 Å². The number of benzene rings is 1. The second-order valence-corrected chi connectivity index (χ2v) is 3.44. The molecule has 3 N–H and O–H groups in total. The van der Waals surface area contributed by atoms with Crippen LogP contribution in [0.15, 0.2) is 24.3 Å². The van der Waals surface area contributed by atoms with Crippen LogP contribution in [-0.2, 0) is 5.54 Å². The van der Waals surface area contributed by atoms with E-state index in [4.69, 9.17) is 10.8 Å². The summed E-state index contributed by atoms with van der Waals surface area (Å²) in [4.78, 5) is 0. The summed E-state index contributed by atoms with van der Waals surface area (Å²) in [5.41, 5.74) is 7.39. The van der Waals surface area contributed by atoms with Gasteiger partial charge in [-0.05, 0) is 19.4 Å². The first-order valence-corrected chi connectivity index (χ1v) is 4.03. The van der Waals surface area contributed by atoms with E-state index in [1.165, 1.54) is 5.56 Å². The van der Waals surface area contributed by atoms with Crippen molar-refractivity contribution in [1.82, 2.24) is 0 Å². The van der Waals surface area contributed by atoms with Crippen LogP contribution >= 0.6 is 0 Å². The van der Waals surface area contributed by atoms with E-state index in [9.17, 15) is 0 Å². The van der Waals surface area contributed by atoms with Crippen molar-refractivity contribution in [3.63, 3.8) is 0 Å². The molecule has 0 aliphatic heterocycles. The molecule has 2 heteroatoms. The van der Waals surface area contributed by atoms with Crippen LogP contribution in [0, 0.1) is 6.92 Å². The average Bonchev–Trinajstić information content (AvgIpc) is 2.05. The fourth-order valence-corrected chi connectivity index (χ4v) is 1.03. The van der Waals surface area contributed by atoms with Gasteiger partial charge in [0, 0.05) is 0 Å². The van der Waals surface area contributed by atoms with Gasteiger partial charge in [-0.15, -0.1) is 0 Å². The van der Waals surface area contributed by atoms with Crippen molar-refractivity contribution in [1.29, 1.82) is 0 Å². The number of rotatable bonds is 2. The smallest absolute Gasteiger partial charge is 0.0650 e. The van der Waals surface area contributed by atoms with Crippen molar-refractivity contribution in [3.05, 3.63) is 35.4 Å². The number of nitrogens with two attached hydrogens (primary N) is 1. The quantitative estimate of drug-likeness (QED) is 0.690. The van der Waals surface area contributed by atoms with Crippen LogP contribution in [0.1, 0.15) is 18.1 Å². The normalized spacial score (nSPS) is 15.7. The van der Waals surface area contributed by atoms with Gasteiger partial charge in [0.25, 0.3) is 0 Å². The van der Waals surface area contributed by atoms with Crippen molar-refractivity contribution in [2.75, 3.05) is 6.61 Å². The van der Waals surface area contributed by atoms with Gasteiger partial charge in [0.1, 0.15) is 0 Å². The molecule has 1 atom stereocenters. The predicted octanol–water partition coefficient (Wildman–Crippen LogP) is 1.16. The highest BCUT2D eigenvalue weighted by Crippen LogP contribution is 2.16. The number of hydrogen-bond acceptors (Lipinski definition) is 2. The fraction of sp³-hybridized carbons (Fsp3) is 0.400. The second-order valence-electron chi connectivity index (χ2n) is 3.44. The van der Waals surface area contributed by atoms with Crippen molar-refractivity contribution in [2.45, 2.75) is 19.4 Å².